The Balaban J connectivity index is 0.000000757. The summed E-state index contributed by atoms with van der Waals surface area (Å²) in [5, 5.41) is 12.2. The number of anilines is 2. The van der Waals surface area contributed by atoms with Crippen molar-refractivity contribution in [1.82, 2.24) is 24.5 Å². The first kappa shape index (κ1) is 23.2. The van der Waals surface area contributed by atoms with E-state index in [1.54, 1.807) is 11.6 Å². The molecule has 1 amide bonds. The zero-order chi connectivity index (χ0) is 22.3. The third-order valence-electron chi connectivity index (χ3n) is 4.87. The van der Waals surface area contributed by atoms with Gasteiger partial charge in [-0.2, -0.15) is 10.2 Å². The molecule has 1 aliphatic rings. The van der Waals surface area contributed by atoms with Crippen molar-refractivity contribution in [2.75, 3.05) is 11.9 Å². The molecule has 7 heteroatoms. The Morgan fingerprint density at radius 1 is 1.03 bits per heavy atom. The third kappa shape index (κ3) is 5.09. The van der Waals surface area contributed by atoms with E-state index < -0.39 is 0 Å². The molecule has 162 valence electrons. The third-order valence-corrected chi connectivity index (χ3v) is 4.87. The second-order valence-corrected chi connectivity index (χ2v) is 6.69. The molecule has 0 fully saturated rings. The van der Waals surface area contributed by atoms with Crippen molar-refractivity contribution in [3.05, 3.63) is 47.9 Å². The van der Waals surface area contributed by atoms with Gasteiger partial charge < -0.3 is 10.2 Å². The van der Waals surface area contributed by atoms with Gasteiger partial charge in [-0.05, 0) is 17.7 Å². The highest BCUT2D eigenvalue weighted by atomic mass is 16.2. The van der Waals surface area contributed by atoms with Crippen molar-refractivity contribution < 1.29 is 4.79 Å². The minimum absolute atomic E-state index is 0.103. The summed E-state index contributed by atoms with van der Waals surface area (Å²) >= 11 is 0. The van der Waals surface area contributed by atoms with E-state index in [2.05, 4.69) is 27.6 Å². The molecule has 0 radical (unpaired) electrons. The number of aryl methyl sites for hydroxylation is 2. The van der Waals surface area contributed by atoms with Crippen LogP contribution < -0.4 is 5.32 Å². The lowest BCUT2D eigenvalue weighted by Gasteiger charge is -2.26. The van der Waals surface area contributed by atoms with Gasteiger partial charge in [0.15, 0.2) is 5.82 Å². The number of hydrogen-bond donors (Lipinski definition) is 1. The fourth-order valence-corrected chi connectivity index (χ4v) is 3.41. The topological polar surface area (TPSA) is 68.0 Å². The predicted octanol–water partition coefficient (Wildman–Crippen LogP) is 4.52. The van der Waals surface area contributed by atoms with Crippen LogP contribution in [0.2, 0.25) is 0 Å². The van der Waals surface area contributed by atoms with E-state index in [1.807, 2.05) is 75.9 Å². The fourth-order valence-electron chi connectivity index (χ4n) is 3.41. The molecule has 0 unspecified atom stereocenters. The number of aromatic nitrogens is 4. The molecular weight excluding hydrogens is 376 g/mol. The summed E-state index contributed by atoms with van der Waals surface area (Å²) in [5.41, 5.74) is 5.47. The Hall–Kier alpha value is -3.09. The Labute approximate surface area is 179 Å². The summed E-state index contributed by atoms with van der Waals surface area (Å²) in [4.78, 5) is 13.6. The first-order valence-corrected chi connectivity index (χ1v) is 10.7. The number of benzene rings is 1. The molecule has 2 aromatic heterocycles. The van der Waals surface area contributed by atoms with Crippen LogP contribution in [0, 0.1) is 0 Å². The van der Waals surface area contributed by atoms with Gasteiger partial charge in [0.2, 0.25) is 5.91 Å². The van der Waals surface area contributed by atoms with Crippen LogP contribution in [0.1, 0.15) is 45.9 Å². The molecule has 1 aromatic carbocycles. The van der Waals surface area contributed by atoms with Gasteiger partial charge in [0.25, 0.3) is 0 Å². The summed E-state index contributed by atoms with van der Waals surface area (Å²) in [6.45, 7) is 11.0. The zero-order valence-corrected chi connectivity index (χ0v) is 19.2. The van der Waals surface area contributed by atoms with Gasteiger partial charge in [-0.3, -0.25) is 14.2 Å². The number of amides is 1. The maximum Gasteiger partial charge on any atom is 0.219 e. The van der Waals surface area contributed by atoms with Gasteiger partial charge in [-0.15, -0.1) is 0 Å². The maximum absolute atomic E-state index is 11.7. The molecule has 0 bridgehead atoms. The molecule has 0 saturated heterocycles. The normalized spacial score (nSPS) is 12.2. The summed E-state index contributed by atoms with van der Waals surface area (Å²) in [6, 6.07) is 8.21. The van der Waals surface area contributed by atoms with Crippen LogP contribution in [0.4, 0.5) is 11.5 Å². The molecule has 7 nitrogen and oxygen atoms in total. The van der Waals surface area contributed by atoms with Crippen molar-refractivity contribution in [1.29, 1.82) is 0 Å². The Morgan fingerprint density at radius 2 is 1.70 bits per heavy atom. The monoisotopic (exact) mass is 410 g/mol. The van der Waals surface area contributed by atoms with Crippen LogP contribution in [-0.2, 0) is 31.9 Å². The molecule has 30 heavy (non-hydrogen) atoms. The van der Waals surface area contributed by atoms with Crippen LogP contribution in [0.5, 0.6) is 0 Å². The van der Waals surface area contributed by atoms with E-state index in [-0.39, 0.29) is 5.91 Å². The Kier molecular flexibility index (Phi) is 8.21. The largest absolute Gasteiger partial charge is 0.338 e. The molecule has 0 saturated carbocycles. The van der Waals surface area contributed by atoms with E-state index in [4.69, 9.17) is 0 Å². The molecule has 3 aromatic rings. The molecule has 0 aliphatic carbocycles. The van der Waals surface area contributed by atoms with Crippen LogP contribution in [0.3, 0.4) is 0 Å². The molecule has 0 spiro atoms. The average molecular weight is 411 g/mol. The van der Waals surface area contributed by atoms with Crippen LogP contribution in [0.25, 0.3) is 11.1 Å². The van der Waals surface area contributed by atoms with E-state index >= 15 is 0 Å². The number of nitrogens with zero attached hydrogens (tertiary/aromatic N) is 5. The number of rotatable bonds is 3. The molecule has 3 heterocycles. The first-order valence-electron chi connectivity index (χ1n) is 10.7. The van der Waals surface area contributed by atoms with Crippen molar-refractivity contribution in [3.8, 4) is 11.1 Å². The SMILES string of the molecule is CC.CC.CC(=O)N1CCc2c(c(Nc3ccc(-c4cnn(C)c4)cc3)nn2C)C1. The van der Waals surface area contributed by atoms with Crippen molar-refractivity contribution in [3.63, 3.8) is 0 Å². The average Bonchev–Trinajstić information content (AvgIpc) is 3.34. The van der Waals surface area contributed by atoms with Gasteiger partial charge in [0, 0.05) is 62.7 Å². The van der Waals surface area contributed by atoms with E-state index in [1.165, 1.54) is 5.69 Å². The van der Waals surface area contributed by atoms with Gasteiger partial charge in [-0.1, -0.05) is 39.8 Å². The van der Waals surface area contributed by atoms with E-state index in [0.717, 1.165) is 41.2 Å². The smallest absolute Gasteiger partial charge is 0.219 e. The standard InChI is InChI=1S/C19H22N6O.2C2H6/c1-13(26)25-9-8-18-17(12-25)19(22-24(18)3)21-16-6-4-14(5-7-16)15-10-20-23(2)11-15;2*1-2/h4-7,10-11H,8-9,12H2,1-3H3,(H,21,22);2*1-2H3. The minimum Gasteiger partial charge on any atom is -0.338 e. The first-order chi connectivity index (χ1) is 14.5. The molecule has 0 atom stereocenters. The number of carbonyl (C=O) groups excluding carboxylic acids is 1. The summed E-state index contributed by atoms with van der Waals surface area (Å²) in [7, 11) is 3.87. The highest BCUT2D eigenvalue weighted by Crippen LogP contribution is 2.29. The van der Waals surface area contributed by atoms with Crippen molar-refractivity contribution in [2.24, 2.45) is 14.1 Å². The predicted molar refractivity (Wildman–Crippen MR) is 123 cm³/mol. The summed E-state index contributed by atoms with van der Waals surface area (Å²) in [5.74, 6) is 0.925. The second kappa shape index (κ2) is 10.6. The van der Waals surface area contributed by atoms with Crippen LogP contribution >= 0.6 is 0 Å². The molecule has 1 aliphatic heterocycles. The number of fused-ring (bicyclic) bond motifs is 1. The van der Waals surface area contributed by atoms with Gasteiger partial charge in [-0.25, -0.2) is 0 Å². The molecule has 4 rings (SSSR count). The quantitative estimate of drug-likeness (QED) is 0.689. The number of carbonyl (C=O) groups is 1. The second-order valence-electron chi connectivity index (χ2n) is 6.69. The maximum atomic E-state index is 11.7. The number of nitrogens with one attached hydrogen (secondary N) is 1. The van der Waals surface area contributed by atoms with E-state index in [9.17, 15) is 4.79 Å². The van der Waals surface area contributed by atoms with Crippen molar-refractivity contribution >= 4 is 17.4 Å². The van der Waals surface area contributed by atoms with Gasteiger partial charge >= 0.3 is 0 Å². The Bertz CT molecular complexity index is 955. The Morgan fingerprint density at radius 3 is 2.27 bits per heavy atom. The van der Waals surface area contributed by atoms with Gasteiger partial charge in [0.05, 0.1) is 12.7 Å². The minimum atomic E-state index is 0.103. The highest BCUT2D eigenvalue weighted by molar-refractivity contribution is 5.74. The van der Waals surface area contributed by atoms with Crippen molar-refractivity contribution in [2.45, 2.75) is 47.6 Å². The lowest BCUT2D eigenvalue weighted by Crippen LogP contribution is -2.34. The summed E-state index contributed by atoms with van der Waals surface area (Å²) < 4.78 is 3.71. The highest BCUT2D eigenvalue weighted by Gasteiger charge is 2.25. The number of hydrogen-bond acceptors (Lipinski definition) is 4. The van der Waals surface area contributed by atoms with Gasteiger partial charge in [0.1, 0.15) is 0 Å². The van der Waals surface area contributed by atoms with E-state index in [0.29, 0.717) is 6.54 Å². The summed E-state index contributed by atoms with van der Waals surface area (Å²) in [6.07, 6.45) is 4.68. The van der Waals surface area contributed by atoms with Crippen LogP contribution in [-0.4, -0.2) is 36.9 Å². The molecular formula is C23H34N6O. The van der Waals surface area contributed by atoms with Crippen LogP contribution in [0.15, 0.2) is 36.7 Å². The molecule has 1 N–H and O–H groups in total. The zero-order valence-electron chi connectivity index (χ0n) is 19.2. The lowest BCUT2D eigenvalue weighted by molar-refractivity contribution is -0.129. The fraction of sp³-hybridized carbons (Fsp3) is 0.435. The lowest BCUT2D eigenvalue weighted by atomic mass is 10.1.